The smallest absolute Gasteiger partial charge is 0.263 e. The number of primary sulfonamides is 1. The Morgan fingerprint density at radius 1 is 1.12 bits per heavy atom. The molecule has 0 spiro atoms. The molecule has 3 N–H and O–H groups in total. The number of nitrogens with zero attached hydrogens (tertiary/aromatic N) is 1. The van der Waals surface area contributed by atoms with Gasteiger partial charge in [0.1, 0.15) is 9.88 Å². The SMILES string of the molecule is Cc1nc(-c2ccccc2)sc1C(=O)NCc1ccc(S(N)(=O)=O)cc1. The molecular weight excluding hydrogens is 370 g/mol. The van der Waals surface area contributed by atoms with Gasteiger partial charge in [-0.15, -0.1) is 11.3 Å². The number of thiazole rings is 1. The molecule has 2 aromatic carbocycles. The van der Waals surface area contributed by atoms with Crippen molar-refractivity contribution in [3.05, 3.63) is 70.7 Å². The number of hydrogen-bond donors (Lipinski definition) is 2. The van der Waals surface area contributed by atoms with E-state index in [0.29, 0.717) is 10.6 Å². The zero-order valence-electron chi connectivity index (χ0n) is 14.0. The lowest BCUT2D eigenvalue weighted by molar-refractivity contribution is 0.0954. The molecule has 0 fully saturated rings. The first-order chi connectivity index (χ1) is 12.3. The van der Waals surface area contributed by atoms with Crippen molar-refractivity contribution in [1.82, 2.24) is 10.3 Å². The molecule has 134 valence electrons. The second-order valence-corrected chi connectivity index (χ2v) is 8.23. The van der Waals surface area contributed by atoms with Crippen LogP contribution in [0.5, 0.6) is 0 Å². The van der Waals surface area contributed by atoms with Crippen molar-refractivity contribution in [3.63, 3.8) is 0 Å². The molecule has 8 heteroatoms. The zero-order chi connectivity index (χ0) is 18.7. The average molecular weight is 387 g/mol. The molecule has 0 atom stereocenters. The molecule has 0 saturated carbocycles. The number of carbonyl (C=O) groups is 1. The summed E-state index contributed by atoms with van der Waals surface area (Å²) in [5, 5.41) is 8.70. The van der Waals surface area contributed by atoms with E-state index < -0.39 is 10.0 Å². The minimum absolute atomic E-state index is 0.0402. The number of carbonyl (C=O) groups excluding carboxylic acids is 1. The molecule has 0 radical (unpaired) electrons. The number of nitrogens with two attached hydrogens (primary N) is 1. The van der Waals surface area contributed by atoms with Crippen molar-refractivity contribution in [2.75, 3.05) is 0 Å². The third-order valence-corrected chi connectivity index (χ3v) is 5.86. The van der Waals surface area contributed by atoms with E-state index in [1.165, 1.54) is 23.5 Å². The molecule has 6 nitrogen and oxygen atoms in total. The monoisotopic (exact) mass is 387 g/mol. The third-order valence-electron chi connectivity index (χ3n) is 3.73. The predicted octanol–water partition coefficient (Wildman–Crippen LogP) is 2.70. The Kier molecular flexibility index (Phi) is 5.17. The highest BCUT2D eigenvalue weighted by Gasteiger charge is 2.16. The third kappa shape index (κ3) is 4.16. The van der Waals surface area contributed by atoms with Crippen LogP contribution in [-0.4, -0.2) is 19.3 Å². The van der Waals surface area contributed by atoms with E-state index >= 15 is 0 Å². The fraction of sp³-hybridized carbons (Fsp3) is 0.111. The number of aryl methyl sites for hydroxylation is 1. The largest absolute Gasteiger partial charge is 0.347 e. The lowest BCUT2D eigenvalue weighted by atomic mass is 10.2. The van der Waals surface area contributed by atoms with Crippen molar-refractivity contribution < 1.29 is 13.2 Å². The van der Waals surface area contributed by atoms with Gasteiger partial charge in [0.15, 0.2) is 0 Å². The maximum absolute atomic E-state index is 12.5. The van der Waals surface area contributed by atoms with Gasteiger partial charge in [0, 0.05) is 12.1 Å². The van der Waals surface area contributed by atoms with Crippen LogP contribution >= 0.6 is 11.3 Å². The molecule has 0 aliphatic carbocycles. The van der Waals surface area contributed by atoms with Crippen molar-refractivity contribution in [1.29, 1.82) is 0 Å². The average Bonchev–Trinajstić information content (AvgIpc) is 3.02. The van der Waals surface area contributed by atoms with E-state index in [9.17, 15) is 13.2 Å². The van der Waals surface area contributed by atoms with E-state index in [1.807, 2.05) is 30.3 Å². The lowest BCUT2D eigenvalue weighted by Gasteiger charge is -2.05. The van der Waals surface area contributed by atoms with Gasteiger partial charge in [-0.1, -0.05) is 42.5 Å². The normalized spacial score (nSPS) is 11.3. The van der Waals surface area contributed by atoms with Crippen molar-refractivity contribution in [2.45, 2.75) is 18.4 Å². The number of amides is 1. The van der Waals surface area contributed by atoms with Gasteiger partial charge in [-0.2, -0.15) is 0 Å². The van der Waals surface area contributed by atoms with Gasteiger partial charge in [-0.25, -0.2) is 18.5 Å². The molecule has 1 aromatic heterocycles. The minimum atomic E-state index is -3.72. The summed E-state index contributed by atoms with van der Waals surface area (Å²) in [4.78, 5) is 17.5. The van der Waals surface area contributed by atoms with E-state index in [2.05, 4.69) is 10.3 Å². The summed E-state index contributed by atoms with van der Waals surface area (Å²) in [6.07, 6.45) is 0. The lowest BCUT2D eigenvalue weighted by Crippen LogP contribution is -2.22. The number of rotatable bonds is 5. The van der Waals surface area contributed by atoms with Crippen LogP contribution in [0.3, 0.4) is 0 Å². The highest BCUT2D eigenvalue weighted by Crippen LogP contribution is 2.27. The first-order valence-corrected chi connectivity index (χ1v) is 10.1. The Hall–Kier alpha value is -2.55. The topological polar surface area (TPSA) is 102 Å². The van der Waals surface area contributed by atoms with Crippen LogP contribution in [0.1, 0.15) is 20.9 Å². The van der Waals surface area contributed by atoms with Crippen LogP contribution in [0.25, 0.3) is 10.6 Å². The van der Waals surface area contributed by atoms with E-state index in [-0.39, 0.29) is 17.3 Å². The predicted molar refractivity (Wildman–Crippen MR) is 101 cm³/mol. The van der Waals surface area contributed by atoms with Gasteiger partial charge in [0.2, 0.25) is 10.0 Å². The molecule has 1 heterocycles. The van der Waals surface area contributed by atoms with Gasteiger partial charge in [0.25, 0.3) is 5.91 Å². The van der Waals surface area contributed by atoms with Crippen LogP contribution in [0.2, 0.25) is 0 Å². The summed E-state index contributed by atoms with van der Waals surface area (Å²) < 4.78 is 22.5. The minimum Gasteiger partial charge on any atom is -0.347 e. The molecule has 0 bridgehead atoms. The van der Waals surface area contributed by atoms with Crippen LogP contribution in [0, 0.1) is 6.92 Å². The first-order valence-electron chi connectivity index (χ1n) is 7.77. The standard InChI is InChI=1S/C18H17N3O3S2/c1-12-16(25-18(21-12)14-5-3-2-4-6-14)17(22)20-11-13-7-9-15(10-8-13)26(19,23)24/h2-10H,11H2,1H3,(H,20,22)(H2,19,23,24). The molecule has 0 unspecified atom stereocenters. The Morgan fingerprint density at radius 3 is 2.38 bits per heavy atom. The summed E-state index contributed by atoms with van der Waals surface area (Å²) in [6, 6.07) is 15.8. The van der Waals surface area contributed by atoms with Crippen LogP contribution in [-0.2, 0) is 16.6 Å². The number of benzene rings is 2. The summed E-state index contributed by atoms with van der Waals surface area (Å²) in [5.41, 5.74) is 2.42. The van der Waals surface area contributed by atoms with Crippen LogP contribution < -0.4 is 10.5 Å². The van der Waals surface area contributed by atoms with Crippen molar-refractivity contribution in [2.24, 2.45) is 5.14 Å². The van der Waals surface area contributed by atoms with E-state index in [4.69, 9.17) is 5.14 Å². The molecule has 1 amide bonds. The van der Waals surface area contributed by atoms with Crippen molar-refractivity contribution >= 4 is 27.3 Å². The highest BCUT2D eigenvalue weighted by molar-refractivity contribution is 7.89. The Morgan fingerprint density at radius 2 is 1.77 bits per heavy atom. The molecule has 3 aromatic rings. The van der Waals surface area contributed by atoms with Gasteiger partial charge in [-0.05, 0) is 24.6 Å². The number of hydrogen-bond acceptors (Lipinski definition) is 5. The Balaban J connectivity index is 1.70. The van der Waals surface area contributed by atoms with E-state index in [0.717, 1.165) is 16.1 Å². The summed E-state index contributed by atoms with van der Waals surface area (Å²) in [6.45, 7) is 2.08. The first kappa shape index (κ1) is 18.2. The molecule has 26 heavy (non-hydrogen) atoms. The zero-order valence-corrected chi connectivity index (χ0v) is 15.6. The molecule has 3 rings (SSSR count). The summed E-state index contributed by atoms with van der Waals surface area (Å²) in [7, 11) is -3.72. The van der Waals surface area contributed by atoms with Gasteiger partial charge >= 0.3 is 0 Å². The quantitative estimate of drug-likeness (QED) is 0.702. The number of nitrogens with one attached hydrogen (secondary N) is 1. The molecule has 0 saturated heterocycles. The highest BCUT2D eigenvalue weighted by atomic mass is 32.2. The van der Waals surface area contributed by atoms with Crippen LogP contribution in [0.15, 0.2) is 59.5 Å². The fourth-order valence-electron chi connectivity index (χ4n) is 2.37. The second-order valence-electron chi connectivity index (χ2n) is 5.67. The molecular formula is C18H17N3O3S2. The maximum Gasteiger partial charge on any atom is 0.263 e. The number of aromatic nitrogens is 1. The summed E-state index contributed by atoms with van der Waals surface area (Å²) in [5.74, 6) is -0.210. The van der Waals surface area contributed by atoms with Crippen LogP contribution in [0.4, 0.5) is 0 Å². The maximum atomic E-state index is 12.5. The summed E-state index contributed by atoms with van der Waals surface area (Å²) >= 11 is 1.34. The molecule has 0 aliphatic heterocycles. The van der Waals surface area contributed by atoms with E-state index in [1.54, 1.807) is 19.1 Å². The Labute approximate surface area is 155 Å². The fourth-order valence-corrected chi connectivity index (χ4v) is 3.87. The molecule has 0 aliphatic rings. The Bertz CT molecular complexity index is 1030. The van der Waals surface area contributed by atoms with Gasteiger partial charge in [0.05, 0.1) is 10.6 Å². The second kappa shape index (κ2) is 7.36. The number of sulfonamides is 1. The van der Waals surface area contributed by atoms with Crippen molar-refractivity contribution in [3.8, 4) is 10.6 Å². The van der Waals surface area contributed by atoms with Gasteiger partial charge < -0.3 is 5.32 Å². The van der Waals surface area contributed by atoms with Gasteiger partial charge in [-0.3, -0.25) is 4.79 Å².